The third-order valence-electron chi connectivity index (χ3n) is 10.5. The lowest BCUT2D eigenvalue weighted by Crippen LogP contribution is -2.46. The molecule has 0 spiro atoms. The van der Waals surface area contributed by atoms with Crippen molar-refractivity contribution in [1.82, 2.24) is 29.9 Å². The number of nitrogens with zero attached hydrogens (tertiary/aromatic N) is 7. The van der Waals surface area contributed by atoms with E-state index < -0.39 is 17.8 Å². The van der Waals surface area contributed by atoms with Crippen molar-refractivity contribution in [2.75, 3.05) is 50.3 Å². The zero-order chi connectivity index (χ0) is 36.6. The first kappa shape index (κ1) is 35.8. The van der Waals surface area contributed by atoms with Crippen LogP contribution in [0.25, 0.3) is 33.9 Å². The number of pyridine rings is 2. The summed E-state index contributed by atoms with van der Waals surface area (Å²) in [6.07, 6.45) is 6.19. The quantitative estimate of drug-likeness (QED) is 0.163. The van der Waals surface area contributed by atoms with E-state index in [0.29, 0.717) is 41.5 Å². The minimum absolute atomic E-state index is 0.0675. The molecule has 4 aromatic heterocycles. The molecule has 2 N–H and O–H groups in total. The van der Waals surface area contributed by atoms with Crippen molar-refractivity contribution in [3.05, 3.63) is 36.3 Å². The number of H-pyrrole nitrogens is 1. The minimum atomic E-state index is -4.69. The van der Waals surface area contributed by atoms with Gasteiger partial charge < -0.3 is 34.1 Å². The summed E-state index contributed by atoms with van der Waals surface area (Å²) in [6, 6.07) is 4.58. The first-order chi connectivity index (χ1) is 24.9. The van der Waals surface area contributed by atoms with E-state index >= 15 is 0 Å². The molecule has 4 aromatic rings. The highest BCUT2D eigenvalue weighted by atomic mass is 19.4. The molecule has 52 heavy (non-hydrogen) atoms. The summed E-state index contributed by atoms with van der Waals surface area (Å²) < 4.78 is 58.5. The number of piperidine rings is 1. The standard InChI is InChI=1S/C36H43F3N8O5/c1-4-51-30-12-21(11-28(43-30)36(37,38)39)25-15-27(46(2)19-35(20-50-3)9-5-6-10-35)32-34(42-25)45-33(44-32)26-16-41-29(17-40-26)47-22-7-8-23(47)14-24(13-22)52-18-31(48)49/h11-12,15-17,22-24H,4-10,13-14,18-20H2,1-3H3,(H,48,49)(H,42,44,45)/t22-,23+,24-. The summed E-state index contributed by atoms with van der Waals surface area (Å²) in [6.45, 7) is 2.80. The number of methoxy groups -OCH3 is 1. The molecule has 0 unspecified atom stereocenters. The first-order valence-electron chi connectivity index (χ1n) is 17.7. The Hall–Kier alpha value is -4.57. The number of aromatic amines is 1. The van der Waals surface area contributed by atoms with Crippen LogP contribution in [0, 0.1) is 5.41 Å². The van der Waals surface area contributed by atoms with Crippen LogP contribution in [0.2, 0.25) is 0 Å². The molecule has 2 aliphatic heterocycles. The minimum Gasteiger partial charge on any atom is -0.480 e. The Kier molecular flexibility index (Phi) is 9.95. The van der Waals surface area contributed by atoms with E-state index in [-0.39, 0.29) is 48.3 Å². The molecule has 6 heterocycles. The van der Waals surface area contributed by atoms with Crippen LogP contribution < -0.4 is 14.5 Å². The Labute approximate surface area is 298 Å². The molecule has 1 saturated carbocycles. The number of carbonyl (C=O) groups is 1. The number of rotatable bonds is 13. The van der Waals surface area contributed by atoms with Crippen LogP contribution in [0.15, 0.2) is 30.6 Å². The maximum Gasteiger partial charge on any atom is 0.433 e. The number of ether oxygens (including phenoxy) is 3. The third-order valence-corrected chi connectivity index (χ3v) is 10.5. The maximum atomic E-state index is 13.9. The van der Waals surface area contributed by atoms with Gasteiger partial charge in [-0.15, -0.1) is 0 Å². The number of carboxylic acid groups (broad SMARTS) is 1. The Bertz CT molecular complexity index is 1890. The van der Waals surface area contributed by atoms with Crippen molar-refractivity contribution in [1.29, 1.82) is 0 Å². The van der Waals surface area contributed by atoms with E-state index in [1.54, 1.807) is 32.5 Å². The fourth-order valence-corrected chi connectivity index (χ4v) is 8.33. The molecule has 1 aliphatic carbocycles. The van der Waals surface area contributed by atoms with Gasteiger partial charge in [-0.25, -0.2) is 29.7 Å². The van der Waals surface area contributed by atoms with Gasteiger partial charge in [-0.2, -0.15) is 13.2 Å². The van der Waals surface area contributed by atoms with E-state index in [2.05, 4.69) is 19.8 Å². The van der Waals surface area contributed by atoms with Gasteiger partial charge in [0.1, 0.15) is 29.3 Å². The van der Waals surface area contributed by atoms with Crippen molar-refractivity contribution < 1.29 is 37.3 Å². The molecule has 2 saturated heterocycles. The summed E-state index contributed by atoms with van der Waals surface area (Å²) in [5.41, 5.74) is 1.50. The van der Waals surface area contributed by atoms with E-state index in [1.807, 2.05) is 7.05 Å². The van der Waals surface area contributed by atoms with Crippen LogP contribution in [-0.2, 0) is 20.4 Å². The SMILES string of the molecule is CCOc1cc(-c2cc(N(C)CC3(COC)CCCC3)c3[nH]c(-c4cnc(N5[C@@H]6CC[C@H]5C[C@H](OCC(=O)O)C6)cn4)nc3n2)cc(C(F)(F)F)n1. The van der Waals surface area contributed by atoms with Crippen LogP contribution in [0.3, 0.4) is 0 Å². The van der Waals surface area contributed by atoms with E-state index in [1.165, 1.54) is 6.07 Å². The predicted octanol–water partition coefficient (Wildman–Crippen LogP) is 6.14. The largest absolute Gasteiger partial charge is 0.480 e. The predicted molar refractivity (Wildman–Crippen MR) is 186 cm³/mol. The number of aromatic nitrogens is 6. The van der Waals surface area contributed by atoms with Gasteiger partial charge in [-0.05, 0) is 57.6 Å². The average molecular weight is 725 g/mol. The monoisotopic (exact) mass is 724 g/mol. The van der Waals surface area contributed by atoms with Crippen molar-refractivity contribution in [3.8, 4) is 28.7 Å². The number of halogens is 3. The number of hydrogen-bond acceptors (Lipinski definition) is 11. The first-order valence-corrected chi connectivity index (χ1v) is 17.7. The van der Waals surface area contributed by atoms with E-state index in [0.717, 1.165) is 68.9 Å². The molecule has 3 aliphatic rings. The lowest BCUT2D eigenvalue weighted by atomic mass is 9.86. The average Bonchev–Trinajstić information content (AvgIpc) is 3.82. The molecule has 278 valence electrons. The van der Waals surface area contributed by atoms with Crippen molar-refractivity contribution in [3.63, 3.8) is 0 Å². The lowest BCUT2D eigenvalue weighted by Gasteiger charge is -2.39. The third kappa shape index (κ3) is 7.35. The molecular formula is C36H43F3N8O5. The zero-order valence-electron chi connectivity index (χ0n) is 29.4. The van der Waals surface area contributed by atoms with Gasteiger partial charge in [-0.1, -0.05) is 12.8 Å². The molecule has 7 rings (SSSR count). The fourth-order valence-electron chi connectivity index (χ4n) is 8.33. The van der Waals surface area contributed by atoms with Crippen LogP contribution in [0.4, 0.5) is 24.7 Å². The van der Waals surface area contributed by atoms with Gasteiger partial charge in [0.05, 0.1) is 43.1 Å². The van der Waals surface area contributed by atoms with Gasteiger partial charge in [0.2, 0.25) is 5.88 Å². The topological polar surface area (TPSA) is 152 Å². The number of hydrogen-bond donors (Lipinski definition) is 2. The Morgan fingerprint density at radius 1 is 1.06 bits per heavy atom. The number of aliphatic carboxylic acids is 1. The fraction of sp³-hybridized carbons (Fsp3) is 0.556. The van der Waals surface area contributed by atoms with Gasteiger partial charge in [0.15, 0.2) is 11.5 Å². The Morgan fingerprint density at radius 3 is 2.44 bits per heavy atom. The summed E-state index contributed by atoms with van der Waals surface area (Å²) in [7, 11) is 3.67. The summed E-state index contributed by atoms with van der Waals surface area (Å²) in [5, 5.41) is 9.03. The van der Waals surface area contributed by atoms with Gasteiger partial charge in [-0.3, -0.25) is 0 Å². The second-order valence-corrected chi connectivity index (χ2v) is 14.2. The highest BCUT2D eigenvalue weighted by Crippen LogP contribution is 2.42. The number of alkyl halides is 3. The highest BCUT2D eigenvalue weighted by molar-refractivity contribution is 5.91. The molecule has 0 radical (unpaired) electrons. The lowest BCUT2D eigenvalue weighted by molar-refractivity contribution is -0.145. The summed E-state index contributed by atoms with van der Waals surface area (Å²) in [5.74, 6) is 0.0376. The Morgan fingerprint density at radius 2 is 1.81 bits per heavy atom. The highest BCUT2D eigenvalue weighted by Gasteiger charge is 2.42. The molecule has 16 heteroatoms. The zero-order valence-corrected chi connectivity index (χ0v) is 29.4. The molecule has 3 atom stereocenters. The van der Waals surface area contributed by atoms with Gasteiger partial charge >= 0.3 is 12.1 Å². The van der Waals surface area contributed by atoms with Crippen molar-refractivity contribution >= 4 is 28.6 Å². The van der Waals surface area contributed by atoms with Crippen molar-refractivity contribution in [2.24, 2.45) is 5.41 Å². The number of anilines is 2. The summed E-state index contributed by atoms with van der Waals surface area (Å²) in [4.78, 5) is 41.5. The second-order valence-electron chi connectivity index (χ2n) is 14.2. The normalized spacial score (nSPS) is 21.2. The van der Waals surface area contributed by atoms with Crippen LogP contribution in [0.1, 0.15) is 64.0 Å². The Balaban J connectivity index is 1.23. The molecule has 3 fully saturated rings. The number of carboxylic acids is 1. The second kappa shape index (κ2) is 14.5. The van der Waals surface area contributed by atoms with E-state index in [9.17, 15) is 18.0 Å². The van der Waals surface area contributed by atoms with E-state index in [4.69, 9.17) is 39.3 Å². The number of imidazole rings is 1. The molecule has 13 nitrogen and oxygen atoms in total. The van der Waals surface area contributed by atoms with Gasteiger partial charge in [0, 0.05) is 49.8 Å². The van der Waals surface area contributed by atoms with Gasteiger partial charge in [0.25, 0.3) is 0 Å². The smallest absolute Gasteiger partial charge is 0.433 e. The van der Waals surface area contributed by atoms with Crippen molar-refractivity contribution in [2.45, 2.75) is 82.7 Å². The van der Waals surface area contributed by atoms with Crippen LogP contribution in [-0.4, -0.2) is 99.7 Å². The summed E-state index contributed by atoms with van der Waals surface area (Å²) >= 11 is 0. The molecule has 2 bridgehead atoms. The molecule has 0 aromatic carbocycles. The maximum absolute atomic E-state index is 13.9. The number of fused-ring (bicyclic) bond motifs is 3. The van der Waals surface area contributed by atoms with Crippen LogP contribution >= 0.6 is 0 Å². The molecular weight excluding hydrogens is 681 g/mol. The molecule has 0 amide bonds. The van der Waals surface area contributed by atoms with Crippen LogP contribution in [0.5, 0.6) is 5.88 Å². The number of nitrogens with one attached hydrogen (secondary N) is 1.